The van der Waals surface area contributed by atoms with Crippen LogP contribution in [-0.2, 0) is 11.3 Å². The number of rotatable bonds is 7. The minimum absolute atomic E-state index is 0.0643. The van der Waals surface area contributed by atoms with Crippen LogP contribution in [0.3, 0.4) is 0 Å². The van der Waals surface area contributed by atoms with E-state index < -0.39 is 0 Å². The summed E-state index contributed by atoms with van der Waals surface area (Å²) in [5.74, 6) is 1.57. The van der Waals surface area contributed by atoms with E-state index in [1.807, 2.05) is 42.7 Å². The zero-order chi connectivity index (χ0) is 18.5. The summed E-state index contributed by atoms with van der Waals surface area (Å²) in [4.78, 5) is 12.3. The van der Waals surface area contributed by atoms with Crippen LogP contribution in [0.4, 0.5) is 5.69 Å². The lowest BCUT2D eigenvalue weighted by molar-refractivity contribution is -0.113. The number of thioether (sulfide) groups is 1. The van der Waals surface area contributed by atoms with E-state index in [0.29, 0.717) is 16.7 Å². The van der Waals surface area contributed by atoms with Crippen molar-refractivity contribution in [1.82, 2.24) is 14.8 Å². The number of benzene rings is 1. The van der Waals surface area contributed by atoms with Crippen LogP contribution < -0.4 is 5.32 Å². The van der Waals surface area contributed by atoms with Crippen molar-refractivity contribution in [2.75, 3.05) is 11.1 Å². The van der Waals surface area contributed by atoms with Gasteiger partial charge in [-0.05, 0) is 55.7 Å². The molecule has 26 heavy (non-hydrogen) atoms. The molecule has 1 N–H and O–H groups in total. The minimum Gasteiger partial charge on any atom is -0.461 e. The van der Waals surface area contributed by atoms with Gasteiger partial charge < -0.3 is 9.73 Å². The Labute approximate surface area is 157 Å². The van der Waals surface area contributed by atoms with Gasteiger partial charge in [0.05, 0.1) is 12.0 Å². The Bertz CT molecular complexity index is 867. The standard InChI is InChI=1S/C19H22N4O2S/c1-4-7-23-18(16-6-5-8-25-16)21-22-19(23)26-12-17(24)20-15-10-13(2)9-14(3)11-15/h5-6,8-11H,4,7,12H2,1-3H3,(H,20,24). The predicted octanol–water partition coefficient (Wildman–Crippen LogP) is 4.30. The van der Waals surface area contributed by atoms with Gasteiger partial charge in [0.15, 0.2) is 16.7 Å². The van der Waals surface area contributed by atoms with Crippen LogP contribution in [0, 0.1) is 13.8 Å². The monoisotopic (exact) mass is 370 g/mol. The van der Waals surface area contributed by atoms with E-state index in [2.05, 4.69) is 28.5 Å². The van der Waals surface area contributed by atoms with Crippen LogP contribution in [0.1, 0.15) is 24.5 Å². The molecule has 0 saturated carbocycles. The molecule has 1 amide bonds. The van der Waals surface area contributed by atoms with Crippen molar-refractivity contribution in [3.05, 3.63) is 47.7 Å². The van der Waals surface area contributed by atoms with E-state index in [0.717, 1.165) is 29.8 Å². The van der Waals surface area contributed by atoms with Crippen LogP contribution in [0.15, 0.2) is 46.2 Å². The largest absolute Gasteiger partial charge is 0.461 e. The molecule has 1 aromatic carbocycles. The highest BCUT2D eigenvalue weighted by molar-refractivity contribution is 7.99. The molecule has 0 fully saturated rings. The summed E-state index contributed by atoms with van der Waals surface area (Å²) in [6.45, 7) is 6.89. The van der Waals surface area contributed by atoms with Crippen molar-refractivity contribution in [2.24, 2.45) is 0 Å². The van der Waals surface area contributed by atoms with Gasteiger partial charge in [-0.2, -0.15) is 0 Å². The van der Waals surface area contributed by atoms with Crippen LogP contribution >= 0.6 is 11.8 Å². The number of hydrogen-bond donors (Lipinski definition) is 1. The summed E-state index contributed by atoms with van der Waals surface area (Å²) < 4.78 is 7.43. The van der Waals surface area contributed by atoms with Gasteiger partial charge in [0.1, 0.15) is 0 Å². The number of anilines is 1. The van der Waals surface area contributed by atoms with E-state index >= 15 is 0 Å². The highest BCUT2D eigenvalue weighted by atomic mass is 32.2. The van der Waals surface area contributed by atoms with Crippen molar-refractivity contribution in [1.29, 1.82) is 0 Å². The molecule has 3 rings (SSSR count). The van der Waals surface area contributed by atoms with Gasteiger partial charge in [-0.15, -0.1) is 10.2 Å². The Kier molecular flexibility index (Phi) is 5.78. The first kappa shape index (κ1) is 18.3. The molecule has 0 unspecified atom stereocenters. The van der Waals surface area contributed by atoms with E-state index in [1.165, 1.54) is 11.8 Å². The molecule has 0 bridgehead atoms. The summed E-state index contributed by atoms with van der Waals surface area (Å²) in [5, 5.41) is 12.1. The highest BCUT2D eigenvalue weighted by Crippen LogP contribution is 2.25. The number of nitrogens with one attached hydrogen (secondary N) is 1. The second kappa shape index (κ2) is 8.23. The average Bonchev–Trinajstić information content (AvgIpc) is 3.22. The number of nitrogens with zero attached hydrogens (tertiary/aromatic N) is 3. The van der Waals surface area contributed by atoms with Gasteiger partial charge in [-0.1, -0.05) is 24.8 Å². The summed E-state index contributed by atoms with van der Waals surface area (Å²) in [7, 11) is 0. The van der Waals surface area contributed by atoms with Crippen molar-refractivity contribution in [2.45, 2.75) is 38.9 Å². The summed E-state index contributed by atoms with van der Waals surface area (Å²) >= 11 is 1.38. The molecule has 0 spiro atoms. The summed E-state index contributed by atoms with van der Waals surface area (Å²) in [6.07, 6.45) is 2.55. The molecule has 0 aliphatic carbocycles. The molecular weight excluding hydrogens is 348 g/mol. The molecule has 0 aliphatic rings. The molecule has 2 aromatic heterocycles. The van der Waals surface area contributed by atoms with Crippen LogP contribution in [0.5, 0.6) is 0 Å². The van der Waals surface area contributed by atoms with Crippen molar-refractivity contribution >= 4 is 23.4 Å². The Hall–Kier alpha value is -2.54. The van der Waals surface area contributed by atoms with Crippen molar-refractivity contribution < 1.29 is 9.21 Å². The fourth-order valence-electron chi connectivity index (χ4n) is 2.78. The molecule has 136 valence electrons. The topological polar surface area (TPSA) is 73.0 Å². The Morgan fingerprint density at radius 2 is 2.00 bits per heavy atom. The number of amides is 1. The molecule has 3 aromatic rings. The predicted molar refractivity (Wildman–Crippen MR) is 103 cm³/mol. The van der Waals surface area contributed by atoms with Gasteiger partial charge in [0.2, 0.25) is 5.91 Å². The molecule has 0 saturated heterocycles. The van der Waals surface area contributed by atoms with Gasteiger partial charge in [-0.3, -0.25) is 9.36 Å². The highest BCUT2D eigenvalue weighted by Gasteiger charge is 2.17. The van der Waals surface area contributed by atoms with Gasteiger partial charge in [0, 0.05) is 12.2 Å². The second-order valence-electron chi connectivity index (χ2n) is 6.15. The molecule has 0 radical (unpaired) electrons. The second-order valence-corrected chi connectivity index (χ2v) is 7.09. The molecule has 2 heterocycles. The quantitative estimate of drug-likeness (QED) is 0.628. The zero-order valence-corrected chi connectivity index (χ0v) is 16.0. The van der Waals surface area contributed by atoms with Crippen LogP contribution in [-0.4, -0.2) is 26.4 Å². The van der Waals surface area contributed by atoms with Crippen molar-refractivity contribution in [3.8, 4) is 11.6 Å². The van der Waals surface area contributed by atoms with Gasteiger partial charge >= 0.3 is 0 Å². The maximum atomic E-state index is 12.3. The molecular formula is C19H22N4O2S. The summed E-state index contributed by atoms with van der Waals surface area (Å²) in [5.41, 5.74) is 3.07. The lowest BCUT2D eigenvalue weighted by Gasteiger charge is -2.09. The first-order valence-corrected chi connectivity index (χ1v) is 9.53. The maximum absolute atomic E-state index is 12.3. The Morgan fingerprint density at radius 1 is 1.23 bits per heavy atom. The molecule has 0 atom stereocenters. The molecule has 0 aliphatic heterocycles. The lowest BCUT2D eigenvalue weighted by Crippen LogP contribution is -2.15. The number of carbonyl (C=O) groups is 1. The smallest absolute Gasteiger partial charge is 0.234 e. The number of carbonyl (C=O) groups excluding carboxylic acids is 1. The Balaban J connectivity index is 1.68. The Morgan fingerprint density at radius 3 is 2.65 bits per heavy atom. The maximum Gasteiger partial charge on any atom is 0.234 e. The number of aromatic nitrogens is 3. The fourth-order valence-corrected chi connectivity index (χ4v) is 3.55. The minimum atomic E-state index is -0.0643. The van der Waals surface area contributed by atoms with E-state index in [-0.39, 0.29) is 11.7 Å². The molecule has 6 nitrogen and oxygen atoms in total. The lowest BCUT2D eigenvalue weighted by atomic mass is 10.1. The fraction of sp³-hybridized carbons (Fsp3) is 0.316. The van der Waals surface area contributed by atoms with Gasteiger partial charge in [-0.25, -0.2) is 0 Å². The van der Waals surface area contributed by atoms with E-state index in [4.69, 9.17) is 4.42 Å². The summed E-state index contributed by atoms with van der Waals surface area (Å²) in [6, 6.07) is 9.68. The van der Waals surface area contributed by atoms with Gasteiger partial charge in [0.25, 0.3) is 0 Å². The van der Waals surface area contributed by atoms with E-state index in [9.17, 15) is 4.79 Å². The number of hydrogen-bond acceptors (Lipinski definition) is 5. The SMILES string of the molecule is CCCn1c(SCC(=O)Nc2cc(C)cc(C)c2)nnc1-c1ccco1. The number of furan rings is 1. The van der Waals surface area contributed by atoms with E-state index in [1.54, 1.807) is 6.26 Å². The third-order valence-electron chi connectivity index (χ3n) is 3.74. The molecule has 7 heteroatoms. The zero-order valence-electron chi connectivity index (χ0n) is 15.2. The number of aryl methyl sites for hydroxylation is 2. The normalized spacial score (nSPS) is 10.9. The third kappa shape index (κ3) is 4.35. The first-order chi connectivity index (χ1) is 12.6. The van der Waals surface area contributed by atoms with Crippen LogP contribution in [0.25, 0.3) is 11.6 Å². The third-order valence-corrected chi connectivity index (χ3v) is 4.71. The first-order valence-electron chi connectivity index (χ1n) is 8.55. The van der Waals surface area contributed by atoms with Crippen LogP contribution in [0.2, 0.25) is 0 Å². The van der Waals surface area contributed by atoms with Crippen molar-refractivity contribution in [3.63, 3.8) is 0 Å². The average molecular weight is 370 g/mol.